The number of thiophene rings is 1. The van der Waals surface area contributed by atoms with Crippen LogP contribution < -0.4 is 5.73 Å². The first-order valence-electron chi connectivity index (χ1n) is 8.00. The molecule has 1 aliphatic heterocycles. The molecule has 1 aliphatic rings. The molecule has 21 heavy (non-hydrogen) atoms. The van der Waals surface area contributed by atoms with Crippen LogP contribution in [0.15, 0.2) is 12.1 Å². The van der Waals surface area contributed by atoms with Gasteiger partial charge in [0, 0.05) is 29.4 Å². The molecule has 0 radical (unpaired) electrons. The van der Waals surface area contributed by atoms with E-state index in [-0.39, 0.29) is 5.41 Å². The lowest BCUT2D eigenvalue weighted by molar-refractivity contribution is 0.214. The van der Waals surface area contributed by atoms with Gasteiger partial charge in [0.2, 0.25) is 0 Å². The molecule has 1 aromatic heterocycles. The zero-order valence-electron chi connectivity index (χ0n) is 14.2. The van der Waals surface area contributed by atoms with Gasteiger partial charge < -0.3 is 10.6 Å². The van der Waals surface area contributed by atoms with Crippen LogP contribution in [0.25, 0.3) is 0 Å². The maximum absolute atomic E-state index is 6.08. The van der Waals surface area contributed by atoms with E-state index in [9.17, 15) is 0 Å². The van der Waals surface area contributed by atoms with Crippen molar-refractivity contribution in [2.75, 3.05) is 40.3 Å². The summed E-state index contributed by atoms with van der Waals surface area (Å²) in [6.45, 7) is 11.1. The van der Waals surface area contributed by atoms with Gasteiger partial charge in [-0.25, -0.2) is 0 Å². The molecule has 2 rings (SSSR count). The Balaban J connectivity index is 2.03. The molecule has 0 saturated carbocycles. The monoisotopic (exact) mass is 309 g/mol. The van der Waals surface area contributed by atoms with Crippen molar-refractivity contribution in [3.05, 3.63) is 21.9 Å². The van der Waals surface area contributed by atoms with E-state index in [1.807, 2.05) is 11.3 Å². The summed E-state index contributed by atoms with van der Waals surface area (Å²) >= 11 is 1.93. The van der Waals surface area contributed by atoms with Crippen LogP contribution in [-0.4, -0.2) is 50.1 Å². The summed E-state index contributed by atoms with van der Waals surface area (Å²) < 4.78 is 0. The smallest absolute Gasteiger partial charge is 0.0562 e. The highest BCUT2D eigenvalue weighted by Crippen LogP contribution is 2.34. The molecule has 0 aromatic carbocycles. The van der Waals surface area contributed by atoms with Crippen molar-refractivity contribution in [2.45, 2.75) is 38.6 Å². The fourth-order valence-corrected chi connectivity index (χ4v) is 4.40. The molecule has 1 aromatic rings. The topological polar surface area (TPSA) is 32.5 Å². The zero-order valence-corrected chi connectivity index (χ0v) is 15.0. The van der Waals surface area contributed by atoms with Crippen molar-refractivity contribution in [1.82, 2.24) is 9.80 Å². The van der Waals surface area contributed by atoms with Gasteiger partial charge in [0.25, 0.3) is 0 Å². The van der Waals surface area contributed by atoms with Crippen LogP contribution in [0.2, 0.25) is 0 Å². The quantitative estimate of drug-likeness (QED) is 0.908. The lowest BCUT2D eigenvalue weighted by atomic mass is 9.95. The van der Waals surface area contributed by atoms with Gasteiger partial charge in [-0.15, -0.1) is 11.3 Å². The highest BCUT2D eigenvalue weighted by Gasteiger charge is 2.26. The minimum atomic E-state index is 0.231. The molecule has 1 fully saturated rings. The Labute approximate surface area is 134 Å². The van der Waals surface area contributed by atoms with E-state index in [0.717, 1.165) is 12.5 Å². The van der Waals surface area contributed by atoms with E-state index < -0.39 is 0 Å². The molecule has 0 amide bonds. The highest BCUT2D eigenvalue weighted by atomic mass is 32.1. The molecular weight excluding hydrogens is 278 g/mol. The summed E-state index contributed by atoms with van der Waals surface area (Å²) in [5.41, 5.74) is 6.31. The predicted molar refractivity (Wildman–Crippen MR) is 93.0 cm³/mol. The van der Waals surface area contributed by atoms with Crippen LogP contribution in [-0.2, 0) is 5.41 Å². The van der Waals surface area contributed by atoms with Gasteiger partial charge in [-0.1, -0.05) is 20.8 Å². The summed E-state index contributed by atoms with van der Waals surface area (Å²) in [5.74, 6) is 0.788. The van der Waals surface area contributed by atoms with Crippen molar-refractivity contribution in [2.24, 2.45) is 11.7 Å². The zero-order chi connectivity index (χ0) is 15.6. The molecule has 3 nitrogen and oxygen atoms in total. The van der Waals surface area contributed by atoms with Crippen LogP contribution >= 0.6 is 11.3 Å². The molecular formula is C17H31N3S. The van der Waals surface area contributed by atoms with Crippen molar-refractivity contribution >= 4 is 11.3 Å². The Morgan fingerprint density at radius 2 is 2.14 bits per heavy atom. The predicted octanol–water partition coefficient (Wildman–Crippen LogP) is 2.93. The van der Waals surface area contributed by atoms with Crippen molar-refractivity contribution in [3.8, 4) is 0 Å². The number of likely N-dealkylation sites (tertiary alicyclic amines) is 1. The summed E-state index contributed by atoms with van der Waals surface area (Å²) in [6, 6.07) is 4.91. The minimum absolute atomic E-state index is 0.231. The maximum Gasteiger partial charge on any atom is 0.0562 e. The van der Waals surface area contributed by atoms with Crippen molar-refractivity contribution in [1.29, 1.82) is 0 Å². The van der Waals surface area contributed by atoms with E-state index in [2.05, 4.69) is 56.8 Å². The molecule has 4 heteroatoms. The van der Waals surface area contributed by atoms with E-state index in [4.69, 9.17) is 5.73 Å². The van der Waals surface area contributed by atoms with Crippen LogP contribution in [0.3, 0.4) is 0 Å². The summed E-state index contributed by atoms with van der Waals surface area (Å²) in [7, 11) is 4.45. The fourth-order valence-electron chi connectivity index (χ4n) is 3.16. The Morgan fingerprint density at radius 1 is 1.43 bits per heavy atom. The van der Waals surface area contributed by atoms with Crippen molar-refractivity contribution in [3.63, 3.8) is 0 Å². The minimum Gasteiger partial charge on any atom is -0.329 e. The summed E-state index contributed by atoms with van der Waals surface area (Å²) in [6.07, 6.45) is 1.32. The van der Waals surface area contributed by atoms with E-state index in [1.165, 1.54) is 29.3 Å². The third-order valence-corrected chi connectivity index (χ3v) is 6.10. The maximum atomic E-state index is 6.08. The second kappa shape index (κ2) is 6.78. The van der Waals surface area contributed by atoms with E-state index >= 15 is 0 Å². The van der Waals surface area contributed by atoms with Crippen molar-refractivity contribution < 1.29 is 0 Å². The summed E-state index contributed by atoms with van der Waals surface area (Å²) in [5, 5.41) is 0. The van der Waals surface area contributed by atoms with Gasteiger partial charge in [-0.2, -0.15) is 0 Å². The van der Waals surface area contributed by atoms with Gasteiger partial charge in [-0.3, -0.25) is 4.90 Å². The van der Waals surface area contributed by atoms with Gasteiger partial charge in [0.05, 0.1) is 6.04 Å². The average molecular weight is 310 g/mol. The Hall–Kier alpha value is -0.420. The lowest BCUT2D eigenvalue weighted by Gasteiger charge is -2.28. The molecule has 0 aliphatic carbocycles. The number of hydrogen-bond acceptors (Lipinski definition) is 4. The molecule has 2 unspecified atom stereocenters. The van der Waals surface area contributed by atoms with Gasteiger partial charge in [0.15, 0.2) is 0 Å². The number of rotatable bonds is 5. The van der Waals surface area contributed by atoms with Gasteiger partial charge in [0.1, 0.15) is 0 Å². The number of likely N-dealkylation sites (N-methyl/N-ethyl adjacent to an activating group) is 1. The largest absolute Gasteiger partial charge is 0.329 e. The number of nitrogens with two attached hydrogens (primary N) is 1. The normalized spacial score (nSPS) is 22.1. The first kappa shape index (κ1) is 16.9. The lowest BCUT2D eigenvalue weighted by Crippen LogP contribution is -2.34. The molecule has 2 heterocycles. The van der Waals surface area contributed by atoms with E-state index in [1.54, 1.807) is 0 Å². The average Bonchev–Trinajstić information content (AvgIpc) is 2.99. The third-order valence-electron chi connectivity index (χ3n) is 4.48. The molecule has 1 saturated heterocycles. The summed E-state index contributed by atoms with van der Waals surface area (Å²) in [4.78, 5) is 7.75. The molecule has 120 valence electrons. The van der Waals surface area contributed by atoms with Crippen LogP contribution in [0, 0.1) is 5.92 Å². The van der Waals surface area contributed by atoms with Crippen LogP contribution in [0.1, 0.15) is 43.0 Å². The number of hydrogen-bond donors (Lipinski definition) is 1. The molecule has 2 atom stereocenters. The second-order valence-corrected chi connectivity index (χ2v) is 8.68. The fraction of sp³-hybridized carbons (Fsp3) is 0.765. The van der Waals surface area contributed by atoms with Crippen LogP contribution in [0.4, 0.5) is 0 Å². The SMILES string of the molecule is CN1CCC(CN(C)C(CN)c2ccc(C(C)(C)C)s2)C1. The number of nitrogens with zero attached hydrogens (tertiary/aromatic N) is 2. The van der Waals surface area contributed by atoms with Crippen LogP contribution in [0.5, 0.6) is 0 Å². The molecule has 0 bridgehead atoms. The van der Waals surface area contributed by atoms with Gasteiger partial charge >= 0.3 is 0 Å². The first-order chi connectivity index (χ1) is 9.81. The molecule has 0 spiro atoms. The first-order valence-corrected chi connectivity index (χ1v) is 8.82. The standard InChI is InChI=1S/C17H31N3S/c1-17(2,3)16-7-6-15(21-16)14(10-18)20(5)12-13-8-9-19(4)11-13/h6-7,13-14H,8-12,18H2,1-5H3. The highest BCUT2D eigenvalue weighted by molar-refractivity contribution is 7.12. The Kier molecular flexibility index (Phi) is 5.47. The third kappa shape index (κ3) is 4.28. The van der Waals surface area contributed by atoms with Gasteiger partial charge in [-0.05, 0) is 50.5 Å². The molecule has 2 N–H and O–H groups in total. The second-order valence-electron chi connectivity index (χ2n) is 7.56. The van der Waals surface area contributed by atoms with E-state index in [0.29, 0.717) is 12.6 Å². The Bertz CT molecular complexity index is 449. The Morgan fingerprint density at radius 3 is 2.62 bits per heavy atom.